The number of nitrogens with one attached hydrogen (secondary N) is 2. The first-order valence-electron chi connectivity index (χ1n) is 21.2. The predicted octanol–water partition coefficient (Wildman–Crippen LogP) is 10.7. The molecule has 0 saturated carbocycles. The number of aryl methyl sites for hydroxylation is 1. The third kappa shape index (κ3) is 12.4. The van der Waals surface area contributed by atoms with E-state index in [9.17, 15) is 19.2 Å². The highest BCUT2D eigenvalue weighted by Crippen LogP contribution is 2.45. The van der Waals surface area contributed by atoms with Crippen molar-refractivity contribution in [3.8, 4) is 11.1 Å². The smallest absolute Gasteiger partial charge is 0.407 e. The summed E-state index contributed by atoms with van der Waals surface area (Å²) in [6.07, 6.45) is -0.816. The zero-order valence-electron chi connectivity index (χ0n) is 36.4. The van der Waals surface area contributed by atoms with Crippen molar-refractivity contribution in [2.75, 3.05) is 32.1 Å². The summed E-state index contributed by atoms with van der Waals surface area (Å²) in [6.45, 7) is 10.3. The SMILES string of the molecule is Cc1ccc(C(OC(=O)CCOCCNC(=O)[C@H](CSSC(C)(C)C)CC(=O)[C@H](C)NC(=O)OCC2c3ccccc3-c3ccccc32)(c2ccccc2)c2ccccc2Cl)cc1. The van der Waals surface area contributed by atoms with Crippen LogP contribution in [0.5, 0.6) is 0 Å². The fourth-order valence-corrected chi connectivity index (χ4v) is 10.4. The number of halogens is 1. The van der Waals surface area contributed by atoms with E-state index in [0.717, 1.165) is 38.9 Å². The molecule has 0 spiro atoms. The van der Waals surface area contributed by atoms with E-state index >= 15 is 0 Å². The van der Waals surface area contributed by atoms with Gasteiger partial charge in [0.2, 0.25) is 5.91 Å². The van der Waals surface area contributed by atoms with Crippen molar-refractivity contribution < 1.29 is 33.4 Å². The van der Waals surface area contributed by atoms with Gasteiger partial charge in [0.25, 0.3) is 0 Å². The zero-order valence-corrected chi connectivity index (χ0v) is 38.7. The van der Waals surface area contributed by atoms with Crippen LogP contribution in [0, 0.1) is 12.8 Å². The molecule has 1 aliphatic rings. The molecule has 0 fully saturated rings. The molecular weight excluding hydrogens is 852 g/mol. The number of hydrogen-bond donors (Lipinski definition) is 2. The van der Waals surface area contributed by atoms with Crippen LogP contribution >= 0.6 is 33.2 Å². The first-order chi connectivity index (χ1) is 30.3. The fourth-order valence-electron chi connectivity index (χ4n) is 7.57. The number of benzene rings is 5. The first-order valence-corrected chi connectivity index (χ1v) is 23.9. The Hall–Kier alpha value is -5.07. The number of fused-ring (bicyclic) bond motifs is 3. The van der Waals surface area contributed by atoms with Crippen molar-refractivity contribution in [1.29, 1.82) is 0 Å². The molecule has 5 aromatic carbocycles. The quantitative estimate of drug-likeness (QED) is 0.0340. The molecule has 2 N–H and O–H groups in total. The lowest BCUT2D eigenvalue weighted by atomic mass is 9.79. The highest BCUT2D eigenvalue weighted by atomic mass is 35.5. The van der Waals surface area contributed by atoms with Gasteiger partial charge >= 0.3 is 12.1 Å². The van der Waals surface area contributed by atoms with Crippen molar-refractivity contribution in [1.82, 2.24) is 10.6 Å². The van der Waals surface area contributed by atoms with E-state index in [1.54, 1.807) is 23.8 Å². The second-order valence-corrected chi connectivity index (χ2v) is 20.1. The van der Waals surface area contributed by atoms with Gasteiger partial charge < -0.3 is 24.8 Å². The molecule has 3 atom stereocenters. The second-order valence-electron chi connectivity index (χ2n) is 16.6. The Bertz CT molecular complexity index is 2310. The summed E-state index contributed by atoms with van der Waals surface area (Å²) in [5, 5.41) is 6.04. The maximum Gasteiger partial charge on any atom is 0.407 e. The van der Waals surface area contributed by atoms with Crippen LogP contribution in [-0.4, -0.2) is 66.7 Å². The molecule has 9 nitrogen and oxygen atoms in total. The number of carbonyl (C=O) groups is 4. The number of ether oxygens (including phenoxy) is 3. The fraction of sp³-hybridized carbons (Fsp3) is 0.333. The molecule has 6 rings (SSSR count). The Kier molecular flexibility index (Phi) is 16.6. The van der Waals surface area contributed by atoms with Gasteiger partial charge in [-0.3, -0.25) is 14.4 Å². The third-order valence-electron chi connectivity index (χ3n) is 10.7. The van der Waals surface area contributed by atoms with Crippen LogP contribution in [0.1, 0.15) is 79.8 Å². The highest BCUT2D eigenvalue weighted by Gasteiger charge is 2.42. The van der Waals surface area contributed by atoms with Gasteiger partial charge in [-0.1, -0.05) is 181 Å². The zero-order chi connectivity index (χ0) is 45.0. The summed E-state index contributed by atoms with van der Waals surface area (Å²) in [5.74, 6) is -1.45. The van der Waals surface area contributed by atoms with E-state index in [1.807, 2.05) is 116 Å². The lowest BCUT2D eigenvalue weighted by Crippen LogP contribution is -2.42. The Morgan fingerprint density at radius 1 is 0.762 bits per heavy atom. The van der Waals surface area contributed by atoms with Crippen LogP contribution < -0.4 is 10.6 Å². The average molecular weight is 908 g/mol. The maximum absolute atomic E-state index is 13.7. The van der Waals surface area contributed by atoms with Gasteiger partial charge in [0.05, 0.1) is 31.6 Å². The summed E-state index contributed by atoms with van der Waals surface area (Å²) in [4.78, 5) is 53.7. The monoisotopic (exact) mass is 906 g/mol. The Morgan fingerprint density at radius 2 is 1.37 bits per heavy atom. The lowest BCUT2D eigenvalue weighted by molar-refractivity contribution is -0.154. The van der Waals surface area contributed by atoms with Crippen LogP contribution in [0.2, 0.25) is 5.02 Å². The van der Waals surface area contributed by atoms with E-state index in [2.05, 4.69) is 43.5 Å². The number of carbonyl (C=O) groups excluding carboxylic acids is 4. The first kappa shape index (κ1) is 47.4. The molecular formula is C51H55ClN2O7S2. The Labute approximate surface area is 383 Å². The molecule has 63 heavy (non-hydrogen) atoms. The normalized spacial score (nSPS) is 14.1. The molecule has 0 aliphatic heterocycles. The molecule has 330 valence electrons. The van der Waals surface area contributed by atoms with Crippen LogP contribution in [0.4, 0.5) is 4.79 Å². The summed E-state index contributed by atoms with van der Waals surface area (Å²) in [5.41, 5.74) is 6.30. The largest absolute Gasteiger partial charge is 0.449 e. The molecule has 1 aliphatic carbocycles. The summed E-state index contributed by atoms with van der Waals surface area (Å²) >= 11 is 6.81. The standard InChI is InChI=1S/C51H55ClN2O7S2/c1-34-23-25-38(26-24-34)51(37-15-7-6-8-16-37,44-21-13-14-22-45(44)52)61-47(56)27-29-59-30-28-53-48(57)36(33-62-63-50(3,4)5)31-46(55)35(2)54-49(58)60-32-43-41-19-11-9-17-39(41)40-18-10-12-20-42(40)43/h6-26,35-36,43H,27-33H2,1-5H3,(H,53,57)(H,54,58)/t35-,36-,51?/m0/s1. The second kappa shape index (κ2) is 22.0. The van der Waals surface area contributed by atoms with E-state index in [4.69, 9.17) is 25.8 Å². The minimum absolute atomic E-state index is 0.0504. The van der Waals surface area contributed by atoms with Gasteiger partial charge in [-0.05, 0) is 42.2 Å². The lowest BCUT2D eigenvalue weighted by Gasteiger charge is -2.36. The Balaban J connectivity index is 1.00. The van der Waals surface area contributed by atoms with Crippen molar-refractivity contribution in [2.24, 2.45) is 5.92 Å². The Morgan fingerprint density at radius 3 is 2.02 bits per heavy atom. The number of amides is 2. The maximum atomic E-state index is 13.7. The average Bonchev–Trinajstić information content (AvgIpc) is 3.59. The number of alkyl carbamates (subject to hydrolysis) is 1. The minimum atomic E-state index is -1.32. The van der Waals surface area contributed by atoms with Gasteiger partial charge in [0, 0.05) is 51.1 Å². The number of Topliss-reactive ketones (excluding diaryl/α,β-unsaturated/α-hetero) is 1. The van der Waals surface area contributed by atoms with E-state index in [1.165, 1.54) is 10.8 Å². The molecule has 1 unspecified atom stereocenters. The van der Waals surface area contributed by atoms with E-state index in [-0.39, 0.29) is 61.6 Å². The van der Waals surface area contributed by atoms with Gasteiger partial charge in [0.1, 0.15) is 6.61 Å². The number of ketones is 1. The van der Waals surface area contributed by atoms with Crippen LogP contribution in [0.15, 0.2) is 127 Å². The topological polar surface area (TPSA) is 120 Å². The summed E-state index contributed by atoms with van der Waals surface area (Å²) < 4.78 is 17.9. The van der Waals surface area contributed by atoms with Gasteiger partial charge in [-0.15, -0.1) is 0 Å². The molecule has 0 radical (unpaired) electrons. The van der Waals surface area contributed by atoms with Crippen LogP contribution in [-0.2, 0) is 34.2 Å². The van der Waals surface area contributed by atoms with E-state index in [0.29, 0.717) is 16.3 Å². The summed E-state index contributed by atoms with van der Waals surface area (Å²) in [7, 11) is 3.16. The predicted molar refractivity (Wildman–Crippen MR) is 254 cm³/mol. The van der Waals surface area contributed by atoms with Gasteiger partial charge in [0.15, 0.2) is 11.4 Å². The van der Waals surface area contributed by atoms with Crippen molar-refractivity contribution in [2.45, 2.75) is 69.8 Å². The number of hydrogen-bond acceptors (Lipinski definition) is 9. The third-order valence-corrected chi connectivity index (χ3v) is 14.5. The van der Waals surface area contributed by atoms with E-state index < -0.39 is 29.6 Å². The molecule has 0 bridgehead atoms. The van der Waals surface area contributed by atoms with Crippen molar-refractivity contribution >= 4 is 56.9 Å². The summed E-state index contributed by atoms with van der Waals surface area (Å²) in [6, 6.07) is 40.0. The van der Waals surface area contributed by atoms with Gasteiger partial charge in [-0.2, -0.15) is 0 Å². The van der Waals surface area contributed by atoms with Crippen molar-refractivity contribution in [3.05, 3.63) is 166 Å². The van der Waals surface area contributed by atoms with Crippen molar-refractivity contribution in [3.63, 3.8) is 0 Å². The highest BCUT2D eigenvalue weighted by molar-refractivity contribution is 8.77. The van der Waals surface area contributed by atoms with Gasteiger partial charge in [-0.25, -0.2) is 4.79 Å². The molecule has 12 heteroatoms. The number of esters is 1. The molecule has 2 amide bonds. The van der Waals surface area contributed by atoms with Crippen LogP contribution in [0.3, 0.4) is 0 Å². The molecule has 0 heterocycles. The molecule has 0 aromatic heterocycles. The number of rotatable bonds is 20. The minimum Gasteiger partial charge on any atom is -0.449 e. The molecule has 0 saturated heterocycles. The molecule has 5 aromatic rings. The van der Waals surface area contributed by atoms with Crippen LogP contribution in [0.25, 0.3) is 11.1 Å².